The molecule has 3 N–H and O–H groups in total. The Kier molecular flexibility index (Phi) is 8.90. The number of Topliss-reactive ketones (excluding diaryl/α,β-unsaturated/α-hetero) is 1. The van der Waals surface area contributed by atoms with Crippen molar-refractivity contribution in [1.29, 1.82) is 0 Å². The minimum Gasteiger partial charge on any atom is -0.481 e. The number of fused-ring (bicyclic) bond motifs is 7. The van der Waals surface area contributed by atoms with E-state index in [2.05, 4.69) is 64.2 Å². The number of ether oxygens (including phenoxy) is 1. The molecule has 5 aliphatic carbocycles. The SMILES string of the molecule is CC(C)C1C(=O)CC2(NC(=O)Nc3cnn(C)c3)CC[C@]3(C)C(CCC4C5(C)CCC(OC(=O)CC(C)(C)C(=O)O)C(C)(C)C5CCC43C)C12. The van der Waals surface area contributed by atoms with Crippen LogP contribution in [0.4, 0.5) is 10.5 Å². The van der Waals surface area contributed by atoms with Crippen LogP contribution in [0.1, 0.15) is 127 Å². The van der Waals surface area contributed by atoms with Gasteiger partial charge in [-0.05, 0) is 111 Å². The van der Waals surface area contributed by atoms with E-state index in [0.29, 0.717) is 35.6 Å². The monoisotopic (exact) mass is 694 g/mol. The number of carboxylic acid groups (broad SMARTS) is 1. The van der Waals surface area contributed by atoms with Crippen LogP contribution in [0, 0.1) is 62.6 Å². The summed E-state index contributed by atoms with van der Waals surface area (Å²) in [6.45, 7) is 19.6. The maximum Gasteiger partial charge on any atom is 0.319 e. The second kappa shape index (κ2) is 12.1. The number of esters is 1. The van der Waals surface area contributed by atoms with Crippen LogP contribution >= 0.6 is 0 Å². The summed E-state index contributed by atoms with van der Waals surface area (Å²) in [6, 6.07) is -0.261. The lowest BCUT2D eigenvalue weighted by Gasteiger charge is -2.73. The van der Waals surface area contributed by atoms with Crippen LogP contribution < -0.4 is 10.6 Å². The summed E-state index contributed by atoms with van der Waals surface area (Å²) in [7, 11) is 1.82. The standard InChI is InChI=1S/C40H62N4O6/c1-23(2)31-26(45)19-40(43-34(49)42-24-21-41-44(10)22-24)18-17-38(8)25(32(31)40)11-12-28-37(7)15-14-29(50-30(46)20-35(3,4)33(47)48)36(5,6)27(37)13-16-39(28,38)9/h21-23,25,27-29,31-32H,11-20H2,1-10H3,(H,47,48)(H2,42,43,49)/t25?,27?,28?,29?,31?,32?,37?,38-,39?,40?/m1/s1. The zero-order chi connectivity index (χ0) is 36.8. The van der Waals surface area contributed by atoms with Crippen molar-refractivity contribution in [1.82, 2.24) is 15.1 Å². The minimum absolute atomic E-state index is 0.00714. The van der Waals surface area contributed by atoms with Crippen molar-refractivity contribution < 1.29 is 29.0 Å². The van der Waals surface area contributed by atoms with Gasteiger partial charge in [0.1, 0.15) is 11.9 Å². The van der Waals surface area contributed by atoms with Crippen molar-refractivity contribution in [3.8, 4) is 0 Å². The van der Waals surface area contributed by atoms with Crippen molar-refractivity contribution in [2.75, 3.05) is 5.32 Å². The molecule has 10 atom stereocenters. The predicted octanol–water partition coefficient (Wildman–Crippen LogP) is 7.62. The van der Waals surface area contributed by atoms with Gasteiger partial charge in [-0.3, -0.25) is 19.1 Å². The average Bonchev–Trinajstić information content (AvgIpc) is 3.53. The molecule has 0 bridgehead atoms. The second-order valence-electron chi connectivity index (χ2n) is 19.4. The van der Waals surface area contributed by atoms with Crippen LogP contribution in [-0.2, 0) is 26.2 Å². The van der Waals surface area contributed by atoms with Gasteiger partial charge in [0.2, 0.25) is 0 Å². The molecule has 5 saturated carbocycles. The molecular weight excluding hydrogens is 632 g/mol. The van der Waals surface area contributed by atoms with Crippen molar-refractivity contribution in [2.24, 2.45) is 69.6 Å². The predicted molar refractivity (Wildman–Crippen MR) is 191 cm³/mol. The van der Waals surface area contributed by atoms with E-state index in [9.17, 15) is 24.3 Å². The Morgan fingerprint density at radius 3 is 2.32 bits per heavy atom. The minimum atomic E-state index is -1.17. The summed E-state index contributed by atoms with van der Waals surface area (Å²) in [5.41, 5.74) is -1.21. The Morgan fingerprint density at radius 2 is 1.70 bits per heavy atom. The Balaban J connectivity index is 1.26. The van der Waals surface area contributed by atoms with Crippen LogP contribution in [0.3, 0.4) is 0 Å². The van der Waals surface area contributed by atoms with E-state index < -0.39 is 22.9 Å². The van der Waals surface area contributed by atoms with E-state index >= 15 is 0 Å². The maximum absolute atomic E-state index is 13.9. The molecule has 50 heavy (non-hydrogen) atoms. The molecule has 0 aliphatic heterocycles. The second-order valence-corrected chi connectivity index (χ2v) is 19.4. The third-order valence-corrected chi connectivity index (χ3v) is 15.8. The lowest BCUT2D eigenvalue weighted by Crippen LogP contribution is -2.69. The molecule has 6 rings (SSSR count). The Bertz CT molecular complexity index is 1550. The molecule has 1 aromatic heterocycles. The molecule has 1 aromatic rings. The van der Waals surface area contributed by atoms with Gasteiger partial charge in [-0.1, -0.05) is 48.5 Å². The number of carbonyl (C=O) groups excluding carboxylic acids is 3. The zero-order valence-corrected chi connectivity index (χ0v) is 32.2. The van der Waals surface area contributed by atoms with Crippen molar-refractivity contribution in [3.63, 3.8) is 0 Å². The molecule has 2 amide bonds. The van der Waals surface area contributed by atoms with E-state index in [0.717, 1.165) is 51.4 Å². The smallest absolute Gasteiger partial charge is 0.319 e. The number of aryl methyl sites for hydroxylation is 1. The number of aromatic nitrogens is 2. The normalized spacial score (nSPS) is 40.6. The number of hydrogen-bond acceptors (Lipinski definition) is 6. The van der Waals surface area contributed by atoms with Gasteiger partial charge < -0.3 is 20.5 Å². The maximum atomic E-state index is 13.9. The number of nitrogens with one attached hydrogen (secondary N) is 2. The zero-order valence-electron chi connectivity index (χ0n) is 32.2. The third-order valence-electron chi connectivity index (χ3n) is 15.8. The first-order chi connectivity index (χ1) is 23.1. The lowest BCUT2D eigenvalue weighted by molar-refractivity contribution is -0.247. The third kappa shape index (κ3) is 5.51. The fourth-order valence-electron chi connectivity index (χ4n) is 13.2. The largest absolute Gasteiger partial charge is 0.481 e. The number of carbonyl (C=O) groups is 4. The van der Waals surface area contributed by atoms with Gasteiger partial charge >= 0.3 is 18.0 Å². The van der Waals surface area contributed by atoms with E-state index in [1.54, 1.807) is 30.9 Å². The fraction of sp³-hybridized carbons (Fsp3) is 0.825. The summed E-state index contributed by atoms with van der Waals surface area (Å²) < 4.78 is 7.81. The highest BCUT2D eigenvalue weighted by atomic mass is 16.5. The highest BCUT2D eigenvalue weighted by molar-refractivity contribution is 5.92. The van der Waals surface area contributed by atoms with Gasteiger partial charge in [0.15, 0.2) is 0 Å². The van der Waals surface area contributed by atoms with Crippen LogP contribution in [0.2, 0.25) is 0 Å². The fourth-order valence-corrected chi connectivity index (χ4v) is 13.2. The van der Waals surface area contributed by atoms with E-state index in [-0.39, 0.29) is 58.0 Å². The van der Waals surface area contributed by atoms with Crippen LogP contribution in [0.25, 0.3) is 0 Å². The van der Waals surface area contributed by atoms with E-state index in [4.69, 9.17) is 4.74 Å². The number of ketones is 1. The number of amides is 2. The summed E-state index contributed by atoms with van der Waals surface area (Å²) >= 11 is 0. The van der Waals surface area contributed by atoms with Crippen LogP contribution in [-0.4, -0.2) is 50.3 Å². The molecule has 0 radical (unpaired) electrons. The molecule has 0 saturated heterocycles. The number of rotatable bonds is 7. The van der Waals surface area contributed by atoms with Gasteiger partial charge in [-0.25, -0.2) is 4.79 Å². The van der Waals surface area contributed by atoms with Gasteiger partial charge in [-0.15, -0.1) is 0 Å². The quantitative estimate of drug-likeness (QED) is 0.250. The first-order valence-corrected chi connectivity index (χ1v) is 19.1. The molecular formula is C40H62N4O6. The molecule has 278 valence electrons. The molecule has 1 heterocycles. The number of hydrogen-bond donors (Lipinski definition) is 3. The summed E-state index contributed by atoms with van der Waals surface area (Å²) in [5.74, 6) is 0.235. The number of urea groups is 1. The van der Waals surface area contributed by atoms with Gasteiger partial charge in [0, 0.05) is 31.0 Å². The summed E-state index contributed by atoms with van der Waals surface area (Å²) in [6.07, 6.45) is 11.2. The summed E-state index contributed by atoms with van der Waals surface area (Å²) in [4.78, 5) is 52.3. The number of aliphatic carboxylic acids is 1. The van der Waals surface area contributed by atoms with Gasteiger partial charge in [-0.2, -0.15) is 5.10 Å². The topological polar surface area (TPSA) is 140 Å². The molecule has 5 aliphatic rings. The Morgan fingerprint density at radius 1 is 1.00 bits per heavy atom. The molecule has 5 fully saturated rings. The molecule has 10 heteroatoms. The highest BCUT2D eigenvalue weighted by Gasteiger charge is 2.72. The summed E-state index contributed by atoms with van der Waals surface area (Å²) in [5, 5.41) is 20.2. The van der Waals surface area contributed by atoms with Crippen LogP contribution in [0.15, 0.2) is 12.4 Å². The number of carboxylic acids is 1. The molecule has 10 nitrogen and oxygen atoms in total. The van der Waals surface area contributed by atoms with Crippen molar-refractivity contribution in [2.45, 2.75) is 138 Å². The molecule has 9 unspecified atom stereocenters. The highest BCUT2D eigenvalue weighted by Crippen LogP contribution is 2.76. The van der Waals surface area contributed by atoms with Gasteiger partial charge in [0.05, 0.1) is 29.3 Å². The van der Waals surface area contributed by atoms with Crippen LogP contribution in [0.5, 0.6) is 0 Å². The van der Waals surface area contributed by atoms with Gasteiger partial charge in [0.25, 0.3) is 0 Å². The Hall–Kier alpha value is -2.91. The number of nitrogens with zero attached hydrogens (tertiary/aromatic N) is 2. The average molecular weight is 695 g/mol. The van der Waals surface area contributed by atoms with E-state index in [1.165, 1.54) is 0 Å². The Labute approximate surface area is 298 Å². The first-order valence-electron chi connectivity index (χ1n) is 19.1. The van der Waals surface area contributed by atoms with E-state index in [1.807, 2.05) is 7.05 Å². The molecule has 0 aromatic carbocycles. The lowest BCUT2D eigenvalue weighted by atomic mass is 9.32. The van der Waals surface area contributed by atoms with Crippen molar-refractivity contribution in [3.05, 3.63) is 12.4 Å². The van der Waals surface area contributed by atoms with Crippen molar-refractivity contribution >= 4 is 29.4 Å². The number of anilines is 1. The first kappa shape index (κ1) is 36.9. The molecule has 0 spiro atoms.